The molecule has 2 fully saturated rings. The van der Waals surface area contributed by atoms with Gasteiger partial charge in [0.2, 0.25) is 0 Å². The summed E-state index contributed by atoms with van der Waals surface area (Å²) < 4.78 is 0. The Balaban J connectivity index is 2.10. The van der Waals surface area contributed by atoms with Crippen LogP contribution in [0.25, 0.3) is 0 Å². The largest absolute Gasteiger partial charge is 0.393 e. The lowest BCUT2D eigenvalue weighted by Gasteiger charge is -2.23. The van der Waals surface area contributed by atoms with Crippen molar-refractivity contribution in [1.82, 2.24) is 0 Å². The second-order valence-corrected chi connectivity index (χ2v) is 3.85. The van der Waals surface area contributed by atoms with Gasteiger partial charge in [-0.15, -0.1) is 0 Å². The van der Waals surface area contributed by atoms with Crippen LogP contribution in [0.5, 0.6) is 0 Å². The normalized spacial score (nSPS) is 56.7. The molecule has 2 rings (SSSR count). The van der Waals surface area contributed by atoms with E-state index in [4.69, 9.17) is 0 Å². The van der Waals surface area contributed by atoms with E-state index in [1.165, 1.54) is 19.3 Å². The number of fused-ring (bicyclic) bond motifs is 1. The summed E-state index contributed by atoms with van der Waals surface area (Å²) in [5.41, 5.74) is 0.359. The lowest BCUT2D eigenvalue weighted by Crippen LogP contribution is -2.24. The Morgan fingerprint density at radius 1 is 1.44 bits per heavy atom. The van der Waals surface area contributed by atoms with Crippen molar-refractivity contribution in [3.63, 3.8) is 0 Å². The van der Waals surface area contributed by atoms with Gasteiger partial charge in [0, 0.05) is 0 Å². The molecule has 52 valence electrons. The van der Waals surface area contributed by atoms with Gasteiger partial charge in [0.05, 0.1) is 6.10 Å². The molecular formula is C8H14O. The van der Waals surface area contributed by atoms with Crippen molar-refractivity contribution < 1.29 is 5.11 Å². The molecule has 2 aliphatic rings. The molecule has 1 heteroatoms. The van der Waals surface area contributed by atoms with Gasteiger partial charge in [0.15, 0.2) is 0 Å². The maximum absolute atomic E-state index is 9.48. The highest BCUT2D eigenvalue weighted by Crippen LogP contribution is 2.60. The molecule has 0 saturated heterocycles. The minimum Gasteiger partial charge on any atom is -0.393 e. The predicted molar refractivity (Wildman–Crippen MR) is 36.1 cm³/mol. The zero-order chi connectivity index (χ0) is 6.48. The summed E-state index contributed by atoms with van der Waals surface area (Å²) in [6, 6.07) is 0. The Morgan fingerprint density at radius 3 is 2.78 bits per heavy atom. The van der Waals surface area contributed by atoms with Gasteiger partial charge < -0.3 is 5.11 Å². The number of hydrogen-bond acceptors (Lipinski definition) is 1. The highest BCUT2D eigenvalue weighted by Gasteiger charge is 2.55. The predicted octanol–water partition coefficient (Wildman–Crippen LogP) is 1.56. The van der Waals surface area contributed by atoms with E-state index in [9.17, 15) is 5.11 Å². The summed E-state index contributed by atoms with van der Waals surface area (Å²) in [6.45, 7) is 2.22. The van der Waals surface area contributed by atoms with Crippen molar-refractivity contribution >= 4 is 0 Å². The van der Waals surface area contributed by atoms with Crippen molar-refractivity contribution in [2.75, 3.05) is 0 Å². The monoisotopic (exact) mass is 126 g/mol. The van der Waals surface area contributed by atoms with Crippen LogP contribution in [0.1, 0.15) is 32.6 Å². The average Bonchev–Trinajstić information content (AvgIpc) is 2.44. The molecule has 0 aromatic carbocycles. The van der Waals surface area contributed by atoms with E-state index in [1.54, 1.807) is 0 Å². The summed E-state index contributed by atoms with van der Waals surface area (Å²) in [4.78, 5) is 0. The van der Waals surface area contributed by atoms with E-state index < -0.39 is 0 Å². The van der Waals surface area contributed by atoms with E-state index in [0.29, 0.717) is 5.41 Å². The second kappa shape index (κ2) is 1.51. The Hall–Kier alpha value is -0.0400. The molecule has 1 N–H and O–H groups in total. The molecule has 0 spiro atoms. The fraction of sp³-hybridized carbons (Fsp3) is 1.00. The van der Waals surface area contributed by atoms with Crippen LogP contribution in [0.4, 0.5) is 0 Å². The molecule has 9 heavy (non-hydrogen) atoms. The maximum atomic E-state index is 9.48. The van der Waals surface area contributed by atoms with Gasteiger partial charge >= 0.3 is 0 Å². The van der Waals surface area contributed by atoms with Crippen molar-refractivity contribution in [3.8, 4) is 0 Å². The van der Waals surface area contributed by atoms with Gasteiger partial charge in [-0.2, -0.15) is 0 Å². The zero-order valence-corrected chi connectivity index (χ0v) is 5.93. The standard InChI is InChI=1S/C8H14O/c1-8-5-6(8)3-2-4-7(8)9/h6-7,9H,2-5H2,1H3/t6?,7-,8-/m1/s1. The first-order valence-electron chi connectivity index (χ1n) is 3.91. The Kier molecular flexibility index (Phi) is 0.963. The molecule has 0 amide bonds. The second-order valence-electron chi connectivity index (χ2n) is 3.85. The van der Waals surface area contributed by atoms with E-state index >= 15 is 0 Å². The van der Waals surface area contributed by atoms with Gasteiger partial charge in [-0.3, -0.25) is 0 Å². The summed E-state index contributed by atoms with van der Waals surface area (Å²) in [6.07, 6.45) is 4.98. The van der Waals surface area contributed by atoms with Crippen LogP contribution in [0.2, 0.25) is 0 Å². The number of hydrogen-bond donors (Lipinski definition) is 1. The highest BCUT2D eigenvalue weighted by molar-refractivity contribution is 5.05. The molecule has 2 saturated carbocycles. The molecule has 0 aromatic heterocycles. The van der Waals surface area contributed by atoms with E-state index in [2.05, 4.69) is 6.92 Å². The first-order chi connectivity index (χ1) is 4.23. The van der Waals surface area contributed by atoms with Crippen molar-refractivity contribution in [1.29, 1.82) is 0 Å². The third kappa shape index (κ3) is 0.644. The maximum Gasteiger partial charge on any atom is 0.0596 e. The summed E-state index contributed by atoms with van der Waals surface area (Å²) >= 11 is 0. The van der Waals surface area contributed by atoms with Gasteiger partial charge in [-0.25, -0.2) is 0 Å². The molecule has 0 aromatic rings. The SMILES string of the molecule is C[C@@]12CC1CCC[C@H]2O. The quantitative estimate of drug-likeness (QED) is 0.522. The zero-order valence-electron chi connectivity index (χ0n) is 5.93. The van der Waals surface area contributed by atoms with Gasteiger partial charge in [-0.1, -0.05) is 13.3 Å². The van der Waals surface area contributed by atoms with Crippen LogP contribution in [-0.4, -0.2) is 11.2 Å². The van der Waals surface area contributed by atoms with Gasteiger partial charge in [0.1, 0.15) is 0 Å². The van der Waals surface area contributed by atoms with Crippen LogP contribution in [0.15, 0.2) is 0 Å². The van der Waals surface area contributed by atoms with Crippen LogP contribution < -0.4 is 0 Å². The molecular weight excluding hydrogens is 112 g/mol. The first kappa shape index (κ1) is 5.72. The molecule has 2 aliphatic carbocycles. The fourth-order valence-electron chi connectivity index (χ4n) is 2.20. The Morgan fingerprint density at radius 2 is 2.22 bits per heavy atom. The first-order valence-corrected chi connectivity index (χ1v) is 3.91. The summed E-state index contributed by atoms with van der Waals surface area (Å²) in [5.74, 6) is 0.876. The number of rotatable bonds is 0. The molecule has 0 bridgehead atoms. The third-order valence-corrected chi connectivity index (χ3v) is 3.25. The van der Waals surface area contributed by atoms with Gasteiger partial charge in [-0.05, 0) is 30.6 Å². The topological polar surface area (TPSA) is 20.2 Å². The molecule has 1 unspecified atom stereocenters. The van der Waals surface area contributed by atoms with E-state index in [0.717, 1.165) is 12.3 Å². The lowest BCUT2D eigenvalue weighted by atomic mass is 9.87. The smallest absolute Gasteiger partial charge is 0.0596 e. The molecule has 0 aliphatic heterocycles. The third-order valence-electron chi connectivity index (χ3n) is 3.25. The Bertz CT molecular complexity index is 133. The molecule has 3 atom stereocenters. The number of aliphatic hydroxyl groups is 1. The van der Waals surface area contributed by atoms with E-state index in [1.807, 2.05) is 0 Å². The van der Waals surface area contributed by atoms with Crippen LogP contribution >= 0.6 is 0 Å². The summed E-state index contributed by atoms with van der Waals surface area (Å²) in [5, 5.41) is 9.48. The minimum atomic E-state index is 0.0243. The summed E-state index contributed by atoms with van der Waals surface area (Å²) in [7, 11) is 0. The average molecular weight is 126 g/mol. The molecule has 0 heterocycles. The molecule has 1 nitrogen and oxygen atoms in total. The lowest BCUT2D eigenvalue weighted by molar-refractivity contribution is 0.0647. The molecule has 0 radical (unpaired) electrons. The van der Waals surface area contributed by atoms with Crippen molar-refractivity contribution in [3.05, 3.63) is 0 Å². The van der Waals surface area contributed by atoms with Crippen LogP contribution in [-0.2, 0) is 0 Å². The highest BCUT2D eigenvalue weighted by atomic mass is 16.3. The van der Waals surface area contributed by atoms with Crippen LogP contribution in [0, 0.1) is 11.3 Å². The van der Waals surface area contributed by atoms with E-state index in [-0.39, 0.29) is 6.10 Å². The van der Waals surface area contributed by atoms with Gasteiger partial charge in [0.25, 0.3) is 0 Å². The van der Waals surface area contributed by atoms with Crippen molar-refractivity contribution in [2.45, 2.75) is 38.7 Å². The van der Waals surface area contributed by atoms with Crippen molar-refractivity contribution in [2.24, 2.45) is 11.3 Å². The number of aliphatic hydroxyl groups excluding tert-OH is 1. The van der Waals surface area contributed by atoms with Crippen LogP contribution in [0.3, 0.4) is 0 Å². The Labute approximate surface area is 56.1 Å². The minimum absolute atomic E-state index is 0.0243. The fourth-order valence-corrected chi connectivity index (χ4v) is 2.20.